The third-order valence-corrected chi connectivity index (χ3v) is 6.28. The van der Waals surface area contributed by atoms with Gasteiger partial charge in [0, 0.05) is 38.3 Å². The van der Waals surface area contributed by atoms with Crippen LogP contribution in [0.1, 0.15) is 18.9 Å². The highest BCUT2D eigenvalue weighted by Crippen LogP contribution is 2.27. The quantitative estimate of drug-likeness (QED) is 0.897. The van der Waals surface area contributed by atoms with Crippen molar-refractivity contribution in [2.45, 2.75) is 24.7 Å². The second-order valence-corrected chi connectivity index (χ2v) is 7.64. The van der Waals surface area contributed by atoms with Gasteiger partial charge in [0.2, 0.25) is 15.9 Å². The number of aryl methyl sites for hydroxylation is 1. The second kappa shape index (κ2) is 5.98. The fourth-order valence-electron chi connectivity index (χ4n) is 2.96. The number of hydrogen-bond acceptors (Lipinski definition) is 4. The summed E-state index contributed by atoms with van der Waals surface area (Å²) in [6, 6.07) is 4.99. The van der Waals surface area contributed by atoms with Gasteiger partial charge < -0.3 is 10.2 Å². The van der Waals surface area contributed by atoms with Crippen LogP contribution in [0.4, 0.5) is 5.69 Å². The number of benzene rings is 1. The number of piperazine rings is 1. The summed E-state index contributed by atoms with van der Waals surface area (Å²) in [5.41, 5.74) is 1.62. The fourth-order valence-corrected chi connectivity index (χ4v) is 4.43. The molecule has 2 aliphatic rings. The molecule has 1 N–H and O–H groups in total. The molecule has 3 rings (SSSR count). The monoisotopic (exact) mass is 323 g/mol. The summed E-state index contributed by atoms with van der Waals surface area (Å²) in [5, 5.41) is 2.78. The molecule has 0 radical (unpaired) electrons. The molecule has 2 heterocycles. The first-order chi connectivity index (χ1) is 10.5. The van der Waals surface area contributed by atoms with E-state index < -0.39 is 10.0 Å². The Morgan fingerprint density at radius 3 is 2.55 bits per heavy atom. The smallest absolute Gasteiger partial charge is 0.243 e. The van der Waals surface area contributed by atoms with E-state index in [1.165, 1.54) is 0 Å². The SMILES string of the molecule is CCN1CCN(S(=O)(=O)c2ccc3c(c2)CCC(=O)N3)CC1. The molecule has 2 aliphatic heterocycles. The highest BCUT2D eigenvalue weighted by Gasteiger charge is 2.29. The Morgan fingerprint density at radius 1 is 1.14 bits per heavy atom. The van der Waals surface area contributed by atoms with Crippen LogP contribution in [-0.4, -0.2) is 56.3 Å². The molecule has 1 saturated heterocycles. The Labute approximate surface area is 131 Å². The molecule has 0 atom stereocenters. The van der Waals surface area contributed by atoms with Crippen molar-refractivity contribution in [1.82, 2.24) is 9.21 Å². The number of carbonyl (C=O) groups is 1. The summed E-state index contributed by atoms with van der Waals surface area (Å²) >= 11 is 0. The molecule has 1 aromatic rings. The van der Waals surface area contributed by atoms with E-state index in [0.717, 1.165) is 30.9 Å². The molecule has 22 heavy (non-hydrogen) atoms. The van der Waals surface area contributed by atoms with E-state index in [1.54, 1.807) is 22.5 Å². The molecule has 0 saturated carbocycles. The lowest BCUT2D eigenvalue weighted by molar-refractivity contribution is -0.116. The van der Waals surface area contributed by atoms with Gasteiger partial charge in [-0.3, -0.25) is 4.79 Å². The van der Waals surface area contributed by atoms with Crippen LogP contribution in [0, 0.1) is 0 Å². The first-order valence-corrected chi connectivity index (χ1v) is 9.10. The Kier molecular flexibility index (Phi) is 4.20. The molecule has 1 fully saturated rings. The predicted octanol–water partition coefficient (Wildman–Crippen LogP) is 0.897. The van der Waals surface area contributed by atoms with Gasteiger partial charge in [-0.15, -0.1) is 0 Å². The first kappa shape index (κ1) is 15.5. The maximum Gasteiger partial charge on any atom is 0.243 e. The standard InChI is InChI=1S/C15H21N3O3S/c1-2-17-7-9-18(10-8-17)22(20,21)13-4-5-14-12(11-13)3-6-15(19)16-14/h4-5,11H,2-3,6-10H2,1H3,(H,16,19). The van der Waals surface area contributed by atoms with E-state index in [-0.39, 0.29) is 5.91 Å². The predicted molar refractivity (Wildman–Crippen MR) is 84.3 cm³/mol. The number of likely N-dealkylation sites (N-methyl/N-ethyl adjacent to an activating group) is 1. The number of fused-ring (bicyclic) bond motifs is 1. The maximum atomic E-state index is 12.8. The summed E-state index contributed by atoms with van der Waals surface area (Å²) in [4.78, 5) is 13.9. The summed E-state index contributed by atoms with van der Waals surface area (Å²) in [7, 11) is -3.45. The molecule has 7 heteroatoms. The van der Waals surface area contributed by atoms with Gasteiger partial charge in [0.25, 0.3) is 0 Å². The zero-order valence-corrected chi connectivity index (χ0v) is 13.5. The number of anilines is 1. The second-order valence-electron chi connectivity index (χ2n) is 5.71. The molecule has 0 aliphatic carbocycles. The summed E-state index contributed by atoms with van der Waals surface area (Å²) in [5.74, 6) is -0.0150. The number of carbonyl (C=O) groups excluding carboxylic acids is 1. The molecule has 1 amide bonds. The summed E-state index contributed by atoms with van der Waals surface area (Å²) < 4.78 is 27.1. The Balaban J connectivity index is 1.82. The lowest BCUT2D eigenvalue weighted by Gasteiger charge is -2.33. The van der Waals surface area contributed by atoms with Crippen molar-refractivity contribution in [1.29, 1.82) is 0 Å². The highest BCUT2D eigenvalue weighted by atomic mass is 32.2. The molecule has 0 bridgehead atoms. The number of nitrogens with one attached hydrogen (secondary N) is 1. The number of nitrogens with zero attached hydrogens (tertiary/aromatic N) is 2. The average Bonchev–Trinajstić information content (AvgIpc) is 2.54. The summed E-state index contributed by atoms with van der Waals surface area (Å²) in [6.45, 7) is 5.65. The molecule has 0 unspecified atom stereocenters. The van der Waals surface area contributed by atoms with Crippen molar-refractivity contribution < 1.29 is 13.2 Å². The van der Waals surface area contributed by atoms with Gasteiger partial charge in [-0.25, -0.2) is 8.42 Å². The minimum atomic E-state index is -3.45. The topological polar surface area (TPSA) is 69.7 Å². The van der Waals surface area contributed by atoms with E-state index in [4.69, 9.17) is 0 Å². The Hall–Kier alpha value is -1.44. The van der Waals surface area contributed by atoms with Crippen molar-refractivity contribution in [3.8, 4) is 0 Å². The van der Waals surface area contributed by atoms with Gasteiger partial charge in [0.15, 0.2) is 0 Å². The van der Waals surface area contributed by atoms with Gasteiger partial charge in [0.1, 0.15) is 0 Å². The minimum Gasteiger partial charge on any atom is -0.326 e. The van der Waals surface area contributed by atoms with Gasteiger partial charge in [-0.2, -0.15) is 4.31 Å². The van der Waals surface area contributed by atoms with E-state index in [0.29, 0.717) is 30.8 Å². The largest absolute Gasteiger partial charge is 0.326 e. The number of sulfonamides is 1. The highest BCUT2D eigenvalue weighted by molar-refractivity contribution is 7.89. The molecular weight excluding hydrogens is 302 g/mol. The maximum absolute atomic E-state index is 12.8. The van der Waals surface area contributed by atoms with E-state index in [9.17, 15) is 13.2 Å². The average molecular weight is 323 g/mol. The molecule has 120 valence electrons. The van der Waals surface area contributed by atoms with Crippen LogP contribution in [-0.2, 0) is 21.2 Å². The van der Waals surface area contributed by atoms with Crippen LogP contribution in [0.15, 0.2) is 23.1 Å². The lowest BCUT2D eigenvalue weighted by Crippen LogP contribution is -2.48. The van der Waals surface area contributed by atoms with Crippen molar-refractivity contribution in [2.24, 2.45) is 0 Å². The van der Waals surface area contributed by atoms with Crippen LogP contribution in [0.25, 0.3) is 0 Å². The normalized spacial score (nSPS) is 20.5. The van der Waals surface area contributed by atoms with Crippen molar-refractivity contribution >= 4 is 21.6 Å². The van der Waals surface area contributed by atoms with Gasteiger partial charge in [-0.05, 0) is 36.7 Å². The Bertz CT molecular complexity index is 679. The number of hydrogen-bond donors (Lipinski definition) is 1. The van der Waals surface area contributed by atoms with Crippen LogP contribution >= 0.6 is 0 Å². The van der Waals surface area contributed by atoms with Crippen molar-refractivity contribution in [3.63, 3.8) is 0 Å². The third kappa shape index (κ3) is 2.88. The number of rotatable bonds is 3. The van der Waals surface area contributed by atoms with Crippen molar-refractivity contribution in [3.05, 3.63) is 23.8 Å². The van der Waals surface area contributed by atoms with Gasteiger partial charge in [0.05, 0.1) is 4.90 Å². The lowest BCUT2D eigenvalue weighted by atomic mass is 10.0. The van der Waals surface area contributed by atoms with E-state index >= 15 is 0 Å². The fraction of sp³-hybridized carbons (Fsp3) is 0.533. The zero-order valence-electron chi connectivity index (χ0n) is 12.7. The third-order valence-electron chi connectivity index (χ3n) is 4.39. The van der Waals surface area contributed by atoms with Gasteiger partial charge >= 0.3 is 0 Å². The minimum absolute atomic E-state index is 0.0150. The van der Waals surface area contributed by atoms with Crippen LogP contribution in [0.2, 0.25) is 0 Å². The molecule has 0 spiro atoms. The first-order valence-electron chi connectivity index (χ1n) is 7.66. The summed E-state index contributed by atoms with van der Waals surface area (Å²) in [6.07, 6.45) is 1.000. The molecular formula is C15H21N3O3S. The van der Waals surface area contributed by atoms with E-state index in [2.05, 4.69) is 17.1 Å². The molecule has 1 aromatic carbocycles. The molecule has 0 aromatic heterocycles. The van der Waals surface area contributed by atoms with Gasteiger partial charge in [-0.1, -0.05) is 6.92 Å². The van der Waals surface area contributed by atoms with Crippen molar-refractivity contribution in [2.75, 3.05) is 38.0 Å². The molecule has 6 nitrogen and oxygen atoms in total. The zero-order chi connectivity index (χ0) is 15.7. The number of amides is 1. The van der Waals surface area contributed by atoms with Crippen LogP contribution in [0.3, 0.4) is 0 Å². The Morgan fingerprint density at radius 2 is 1.86 bits per heavy atom. The van der Waals surface area contributed by atoms with Crippen LogP contribution < -0.4 is 5.32 Å². The van der Waals surface area contributed by atoms with Crippen LogP contribution in [0.5, 0.6) is 0 Å². The van der Waals surface area contributed by atoms with E-state index in [1.807, 2.05) is 0 Å².